The third-order valence-electron chi connectivity index (χ3n) is 3.53. The van der Waals surface area contributed by atoms with Crippen molar-refractivity contribution in [2.45, 2.75) is 31.7 Å². The number of benzene rings is 1. The summed E-state index contributed by atoms with van der Waals surface area (Å²) in [7, 11) is 0. The fraction of sp³-hybridized carbons (Fsp3) is 0.429. The number of amides is 1. The summed E-state index contributed by atoms with van der Waals surface area (Å²) in [5.41, 5.74) is 6.63. The van der Waals surface area contributed by atoms with Gasteiger partial charge in [-0.2, -0.15) is 0 Å². The average molecular weight is 281 g/mol. The van der Waals surface area contributed by atoms with E-state index in [1.54, 1.807) is 12.1 Å². The van der Waals surface area contributed by atoms with E-state index in [1.165, 1.54) is 12.8 Å². The first-order valence-corrected chi connectivity index (χ1v) is 6.79. The molecule has 1 aliphatic rings. The van der Waals surface area contributed by atoms with Crippen molar-refractivity contribution in [2.75, 3.05) is 11.4 Å². The maximum atomic E-state index is 11.2. The lowest BCUT2D eigenvalue weighted by Crippen LogP contribution is -2.40. The maximum Gasteiger partial charge on any atom is 0.236 e. The van der Waals surface area contributed by atoms with Gasteiger partial charge in [0.25, 0.3) is 0 Å². The lowest BCUT2D eigenvalue weighted by Gasteiger charge is -2.30. The minimum absolute atomic E-state index is 0.182. The molecule has 5 heteroatoms. The largest absolute Gasteiger partial charge is 0.368 e. The summed E-state index contributed by atoms with van der Waals surface area (Å²) < 4.78 is 0. The zero-order chi connectivity index (χ0) is 13.8. The van der Waals surface area contributed by atoms with Gasteiger partial charge in [-0.15, -0.1) is 0 Å². The van der Waals surface area contributed by atoms with Gasteiger partial charge in [0.2, 0.25) is 5.91 Å². The van der Waals surface area contributed by atoms with Gasteiger partial charge in [-0.25, -0.2) is 0 Å². The van der Waals surface area contributed by atoms with Crippen molar-refractivity contribution in [3.05, 3.63) is 28.8 Å². The lowest BCUT2D eigenvalue weighted by atomic mass is 10.1. The van der Waals surface area contributed by atoms with E-state index >= 15 is 0 Å². The molecule has 1 aromatic rings. The molecule has 2 rings (SSSR count). The van der Waals surface area contributed by atoms with Crippen LogP contribution in [0.3, 0.4) is 0 Å². The molecule has 1 aliphatic carbocycles. The number of carbonyl (C=O) groups is 2. The number of primary amides is 1. The minimum atomic E-state index is -0.359. The molecule has 0 spiro atoms. The smallest absolute Gasteiger partial charge is 0.236 e. The summed E-state index contributed by atoms with van der Waals surface area (Å²) in [5, 5.41) is 0.403. The normalized spacial score (nSPS) is 15.4. The number of carbonyl (C=O) groups excluding carboxylic acids is 2. The standard InChI is InChI=1S/C14H17ClN2O2/c15-13-7-12(6-5-10(13)9-18)17(8-14(16)19)11-3-1-2-4-11/h5-7,9,11H,1-4,8H2,(H2,16,19). The van der Waals surface area contributed by atoms with Crippen LogP contribution in [0.4, 0.5) is 5.69 Å². The molecule has 102 valence electrons. The molecule has 0 aromatic heterocycles. The second-order valence-corrected chi connectivity index (χ2v) is 5.26. The van der Waals surface area contributed by atoms with Crippen molar-refractivity contribution in [2.24, 2.45) is 5.73 Å². The van der Waals surface area contributed by atoms with Crippen molar-refractivity contribution in [3.8, 4) is 0 Å². The molecule has 1 aromatic carbocycles. The van der Waals surface area contributed by atoms with E-state index in [0.717, 1.165) is 24.8 Å². The maximum absolute atomic E-state index is 11.2. The fourth-order valence-corrected chi connectivity index (χ4v) is 2.82. The molecule has 1 amide bonds. The van der Waals surface area contributed by atoms with E-state index < -0.39 is 0 Å². The van der Waals surface area contributed by atoms with E-state index in [-0.39, 0.29) is 12.5 Å². The molecule has 1 fully saturated rings. The predicted octanol–water partition coefficient (Wildman–Crippen LogP) is 2.39. The van der Waals surface area contributed by atoms with Crippen LogP contribution in [0.25, 0.3) is 0 Å². The zero-order valence-electron chi connectivity index (χ0n) is 10.6. The minimum Gasteiger partial charge on any atom is -0.368 e. The van der Waals surface area contributed by atoms with Gasteiger partial charge in [-0.3, -0.25) is 9.59 Å². The first kappa shape index (κ1) is 13.9. The van der Waals surface area contributed by atoms with E-state index in [4.69, 9.17) is 17.3 Å². The molecule has 0 aliphatic heterocycles. The lowest BCUT2D eigenvalue weighted by molar-refractivity contribution is -0.116. The van der Waals surface area contributed by atoms with E-state index in [0.29, 0.717) is 16.6 Å². The molecular formula is C14H17ClN2O2. The highest BCUT2D eigenvalue weighted by Crippen LogP contribution is 2.30. The quantitative estimate of drug-likeness (QED) is 0.842. The van der Waals surface area contributed by atoms with Gasteiger partial charge >= 0.3 is 0 Å². The Morgan fingerprint density at radius 1 is 1.42 bits per heavy atom. The number of rotatable bonds is 5. The second-order valence-electron chi connectivity index (χ2n) is 4.86. The Balaban J connectivity index is 2.28. The monoisotopic (exact) mass is 280 g/mol. The Labute approximate surface area is 117 Å². The molecule has 1 saturated carbocycles. The van der Waals surface area contributed by atoms with Gasteiger partial charge < -0.3 is 10.6 Å². The van der Waals surface area contributed by atoms with Crippen LogP contribution < -0.4 is 10.6 Å². The van der Waals surface area contributed by atoms with E-state index in [9.17, 15) is 9.59 Å². The van der Waals surface area contributed by atoms with Crippen LogP contribution in [0.1, 0.15) is 36.0 Å². The van der Waals surface area contributed by atoms with Gasteiger partial charge in [0.05, 0.1) is 11.6 Å². The van der Waals surface area contributed by atoms with Crippen molar-refractivity contribution < 1.29 is 9.59 Å². The Bertz CT molecular complexity index is 484. The molecule has 2 N–H and O–H groups in total. The molecule has 0 saturated heterocycles. The summed E-state index contributed by atoms with van der Waals surface area (Å²) in [6.45, 7) is 0.182. The Morgan fingerprint density at radius 2 is 2.11 bits per heavy atom. The third-order valence-corrected chi connectivity index (χ3v) is 3.86. The van der Waals surface area contributed by atoms with Gasteiger partial charge in [-0.1, -0.05) is 24.4 Å². The molecule has 0 radical (unpaired) electrons. The number of nitrogens with two attached hydrogens (primary N) is 1. The van der Waals surface area contributed by atoms with Crippen LogP contribution >= 0.6 is 11.6 Å². The van der Waals surface area contributed by atoms with Crippen LogP contribution in [-0.2, 0) is 4.79 Å². The summed E-state index contributed by atoms with van der Waals surface area (Å²) in [6, 6.07) is 5.54. The topological polar surface area (TPSA) is 63.4 Å². The third kappa shape index (κ3) is 3.26. The number of aldehydes is 1. The van der Waals surface area contributed by atoms with Crippen molar-refractivity contribution >= 4 is 29.5 Å². The van der Waals surface area contributed by atoms with Crippen molar-refractivity contribution in [1.82, 2.24) is 0 Å². The molecule has 0 heterocycles. The van der Waals surface area contributed by atoms with Crippen LogP contribution in [0, 0.1) is 0 Å². The zero-order valence-corrected chi connectivity index (χ0v) is 11.4. The molecule has 0 bridgehead atoms. The molecule has 0 atom stereocenters. The van der Waals surface area contributed by atoms with Crippen molar-refractivity contribution in [3.63, 3.8) is 0 Å². The first-order chi connectivity index (χ1) is 9.11. The highest BCUT2D eigenvalue weighted by atomic mass is 35.5. The summed E-state index contributed by atoms with van der Waals surface area (Å²) in [5.74, 6) is -0.359. The summed E-state index contributed by atoms with van der Waals surface area (Å²) in [6.07, 6.45) is 5.17. The highest BCUT2D eigenvalue weighted by Gasteiger charge is 2.24. The fourth-order valence-electron chi connectivity index (χ4n) is 2.61. The van der Waals surface area contributed by atoms with Gasteiger partial charge in [0.1, 0.15) is 0 Å². The van der Waals surface area contributed by atoms with Crippen LogP contribution in [0.2, 0.25) is 5.02 Å². The van der Waals surface area contributed by atoms with Crippen LogP contribution in [0.5, 0.6) is 0 Å². The van der Waals surface area contributed by atoms with Gasteiger partial charge in [-0.05, 0) is 31.0 Å². The average Bonchev–Trinajstić information content (AvgIpc) is 2.89. The molecule has 19 heavy (non-hydrogen) atoms. The van der Waals surface area contributed by atoms with Crippen molar-refractivity contribution in [1.29, 1.82) is 0 Å². The number of hydrogen-bond donors (Lipinski definition) is 1. The van der Waals surface area contributed by atoms with E-state index in [2.05, 4.69) is 0 Å². The Kier molecular flexibility index (Phi) is 4.43. The Morgan fingerprint density at radius 3 is 2.63 bits per heavy atom. The first-order valence-electron chi connectivity index (χ1n) is 6.41. The number of anilines is 1. The van der Waals surface area contributed by atoms with Crippen LogP contribution in [-0.4, -0.2) is 24.8 Å². The van der Waals surface area contributed by atoms with E-state index in [1.807, 2.05) is 11.0 Å². The summed E-state index contributed by atoms with van der Waals surface area (Å²) >= 11 is 6.04. The van der Waals surface area contributed by atoms with Crippen LogP contribution in [0.15, 0.2) is 18.2 Å². The number of halogens is 1. The number of nitrogens with zero attached hydrogens (tertiary/aromatic N) is 1. The van der Waals surface area contributed by atoms with Gasteiger partial charge in [0, 0.05) is 17.3 Å². The van der Waals surface area contributed by atoms with Gasteiger partial charge in [0.15, 0.2) is 6.29 Å². The summed E-state index contributed by atoms with van der Waals surface area (Å²) in [4.78, 5) is 24.0. The second kappa shape index (κ2) is 6.06. The number of hydrogen-bond acceptors (Lipinski definition) is 3. The SMILES string of the molecule is NC(=O)CN(c1ccc(C=O)c(Cl)c1)C1CCCC1. The Hall–Kier alpha value is -1.55. The predicted molar refractivity (Wildman–Crippen MR) is 75.6 cm³/mol. The molecule has 4 nitrogen and oxygen atoms in total. The molecule has 0 unspecified atom stereocenters. The highest BCUT2D eigenvalue weighted by molar-refractivity contribution is 6.33. The molecular weight excluding hydrogens is 264 g/mol.